The fourth-order valence-corrected chi connectivity index (χ4v) is 5.69. The Kier molecular flexibility index (Phi) is 8.11. The quantitative estimate of drug-likeness (QED) is 0.599. The number of rotatable bonds is 8. The zero-order valence-electron chi connectivity index (χ0n) is 19.6. The van der Waals surface area contributed by atoms with Crippen LogP contribution in [0.5, 0.6) is 0 Å². The van der Waals surface area contributed by atoms with Gasteiger partial charge in [-0.2, -0.15) is 8.42 Å². The van der Waals surface area contributed by atoms with Crippen LogP contribution in [0.15, 0.2) is 34.2 Å². The van der Waals surface area contributed by atoms with Crippen molar-refractivity contribution in [3.8, 4) is 0 Å². The van der Waals surface area contributed by atoms with Gasteiger partial charge in [-0.05, 0) is 52.0 Å². The molecule has 32 heavy (non-hydrogen) atoms. The fraction of sp³-hybridized carbons (Fsp3) is 0.583. The molecule has 0 bridgehead atoms. The van der Waals surface area contributed by atoms with Crippen molar-refractivity contribution in [2.75, 3.05) is 26.2 Å². The second-order valence-corrected chi connectivity index (χ2v) is 10.3. The lowest BCUT2D eigenvalue weighted by atomic mass is 9.94. The molecule has 0 aliphatic carbocycles. The maximum atomic E-state index is 12.9. The highest BCUT2D eigenvalue weighted by molar-refractivity contribution is 8.00. The maximum absolute atomic E-state index is 12.9. The lowest BCUT2D eigenvalue weighted by molar-refractivity contribution is -0.126. The van der Waals surface area contributed by atoms with Crippen molar-refractivity contribution in [1.29, 1.82) is 0 Å². The topological polar surface area (TPSA) is 88.1 Å². The number of amidine groups is 1. The molecule has 0 spiro atoms. The van der Waals surface area contributed by atoms with E-state index in [-0.39, 0.29) is 17.9 Å². The van der Waals surface area contributed by atoms with Crippen LogP contribution in [0.3, 0.4) is 0 Å². The van der Waals surface area contributed by atoms with E-state index in [0.717, 1.165) is 17.6 Å². The number of piperidine rings is 1. The number of nitrogens with zero attached hydrogens (tertiary/aromatic N) is 2. The number of hydrogen-bond acceptors (Lipinski definition) is 5. The van der Waals surface area contributed by atoms with E-state index in [9.17, 15) is 13.2 Å². The van der Waals surface area contributed by atoms with Gasteiger partial charge in [0, 0.05) is 37.7 Å². The third-order valence-corrected chi connectivity index (χ3v) is 7.32. The van der Waals surface area contributed by atoms with Crippen LogP contribution < -0.4 is 5.32 Å². The first-order valence-electron chi connectivity index (χ1n) is 11.5. The van der Waals surface area contributed by atoms with Crippen molar-refractivity contribution in [2.45, 2.75) is 59.5 Å². The molecule has 7 nitrogen and oxygen atoms in total. The van der Waals surface area contributed by atoms with Crippen molar-refractivity contribution in [3.05, 3.63) is 41.0 Å². The van der Waals surface area contributed by atoms with E-state index in [1.165, 1.54) is 0 Å². The van der Waals surface area contributed by atoms with Gasteiger partial charge in [-0.25, -0.2) is 0 Å². The predicted molar refractivity (Wildman–Crippen MR) is 128 cm³/mol. The molecule has 3 rings (SSSR count). The predicted octanol–water partition coefficient (Wildman–Crippen LogP) is 3.50. The molecule has 0 atom stereocenters. The smallest absolute Gasteiger partial charge is 0.285 e. The Morgan fingerprint density at radius 1 is 1.22 bits per heavy atom. The van der Waals surface area contributed by atoms with Crippen molar-refractivity contribution in [3.63, 3.8) is 0 Å². The third kappa shape index (κ3) is 5.78. The Balaban J connectivity index is 1.62. The van der Waals surface area contributed by atoms with Gasteiger partial charge in [0.15, 0.2) is 0 Å². The minimum Gasteiger partial charge on any atom is -0.379 e. The molecule has 176 valence electrons. The van der Waals surface area contributed by atoms with Gasteiger partial charge in [0.2, 0.25) is 5.91 Å². The Bertz CT molecular complexity index is 973. The number of sulfonamides is 1. The van der Waals surface area contributed by atoms with Gasteiger partial charge < -0.3 is 15.0 Å². The van der Waals surface area contributed by atoms with E-state index < -0.39 is 10.0 Å². The zero-order chi connectivity index (χ0) is 23.3. The van der Waals surface area contributed by atoms with Crippen LogP contribution >= 0.6 is 0 Å². The number of hydrogen-bond donors (Lipinski definition) is 1. The number of carbonyl (C=O) groups is 1. The summed E-state index contributed by atoms with van der Waals surface area (Å²) in [5.41, 5.74) is 2.53. The van der Waals surface area contributed by atoms with Crippen LogP contribution in [-0.2, 0) is 19.6 Å². The molecule has 1 N–H and O–H groups in total. The molecular weight excluding hydrogens is 426 g/mol. The Morgan fingerprint density at radius 3 is 2.47 bits per heavy atom. The summed E-state index contributed by atoms with van der Waals surface area (Å²) in [7, 11) is -3.73. The molecule has 1 amide bonds. The van der Waals surface area contributed by atoms with E-state index in [1.54, 1.807) is 0 Å². The Hall–Kier alpha value is -2.19. The Labute approximate surface area is 192 Å². The summed E-state index contributed by atoms with van der Waals surface area (Å²) in [4.78, 5) is 14.8. The van der Waals surface area contributed by atoms with Crippen LogP contribution in [0.25, 0.3) is 4.91 Å². The summed E-state index contributed by atoms with van der Waals surface area (Å²) in [6, 6.07) is 7.53. The molecular formula is C24H35N3O4S. The van der Waals surface area contributed by atoms with Gasteiger partial charge >= 0.3 is 0 Å². The Morgan fingerprint density at radius 2 is 1.88 bits per heavy atom. The van der Waals surface area contributed by atoms with Crippen LogP contribution in [-0.4, -0.2) is 57.4 Å². The third-order valence-electron chi connectivity index (χ3n) is 5.91. The molecule has 2 aliphatic heterocycles. The van der Waals surface area contributed by atoms with Gasteiger partial charge in [-0.15, -0.1) is 4.40 Å². The lowest BCUT2D eigenvalue weighted by Crippen LogP contribution is -2.43. The average molecular weight is 462 g/mol. The summed E-state index contributed by atoms with van der Waals surface area (Å²) in [5, 5.41) is 3.00. The summed E-state index contributed by atoms with van der Waals surface area (Å²) in [6.07, 6.45) is 2.95. The van der Waals surface area contributed by atoms with E-state index in [2.05, 4.69) is 9.71 Å². The standard InChI is InChI=1S/C24H35N3O4S/c1-5-21-22(19-9-7-18(4)8-10-19)32(29,30)26-23(21)27-14-11-20(12-15-27)24(28)25-13-6-16-31-17(2)3/h7-10,17,20H,5-6,11-16H2,1-4H3,(H,25,28). The van der Waals surface area contributed by atoms with Crippen molar-refractivity contribution in [1.82, 2.24) is 10.2 Å². The number of ether oxygens (including phenoxy) is 1. The van der Waals surface area contributed by atoms with E-state index >= 15 is 0 Å². The average Bonchev–Trinajstić information content (AvgIpc) is 3.04. The number of amides is 1. The first-order valence-corrected chi connectivity index (χ1v) is 13.0. The fourth-order valence-electron chi connectivity index (χ4n) is 4.17. The van der Waals surface area contributed by atoms with Crippen molar-refractivity contribution < 1.29 is 17.9 Å². The minimum atomic E-state index is -3.73. The number of carbonyl (C=O) groups excluding carboxylic acids is 1. The van der Waals surface area contributed by atoms with Crippen LogP contribution in [0, 0.1) is 12.8 Å². The zero-order valence-corrected chi connectivity index (χ0v) is 20.4. The van der Waals surface area contributed by atoms with Crippen LogP contribution in [0.1, 0.15) is 57.6 Å². The second-order valence-electron chi connectivity index (χ2n) is 8.74. The summed E-state index contributed by atoms with van der Waals surface area (Å²) >= 11 is 0. The highest BCUT2D eigenvalue weighted by atomic mass is 32.2. The molecule has 1 fully saturated rings. The summed E-state index contributed by atoms with van der Waals surface area (Å²) in [5.74, 6) is 0.566. The normalized spacial score (nSPS) is 18.9. The van der Waals surface area contributed by atoms with Gasteiger partial charge in [-0.1, -0.05) is 36.8 Å². The number of aryl methyl sites for hydroxylation is 1. The summed E-state index contributed by atoms with van der Waals surface area (Å²) in [6.45, 7) is 10.4. The monoisotopic (exact) mass is 461 g/mol. The largest absolute Gasteiger partial charge is 0.379 e. The second kappa shape index (κ2) is 10.6. The molecule has 0 aromatic heterocycles. The number of likely N-dealkylation sites (tertiary alicyclic amines) is 1. The molecule has 2 aliphatic rings. The van der Waals surface area contributed by atoms with Gasteiger partial charge in [0.1, 0.15) is 10.7 Å². The lowest BCUT2D eigenvalue weighted by Gasteiger charge is -2.33. The number of benzene rings is 1. The van der Waals surface area contributed by atoms with Crippen molar-refractivity contribution >= 4 is 26.7 Å². The van der Waals surface area contributed by atoms with Crippen molar-refractivity contribution in [2.24, 2.45) is 10.3 Å². The van der Waals surface area contributed by atoms with Crippen LogP contribution in [0.4, 0.5) is 0 Å². The van der Waals surface area contributed by atoms with E-state index in [0.29, 0.717) is 61.8 Å². The molecule has 1 aromatic carbocycles. The first kappa shape index (κ1) is 24.5. The summed E-state index contributed by atoms with van der Waals surface area (Å²) < 4.78 is 35.5. The molecule has 0 saturated carbocycles. The molecule has 0 radical (unpaired) electrons. The molecule has 0 unspecified atom stereocenters. The first-order chi connectivity index (χ1) is 15.2. The van der Waals surface area contributed by atoms with Gasteiger partial charge in [0.05, 0.1) is 6.10 Å². The van der Waals surface area contributed by atoms with E-state index in [4.69, 9.17) is 4.74 Å². The molecule has 2 heterocycles. The number of nitrogens with one attached hydrogen (secondary N) is 1. The maximum Gasteiger partial charge on any atom is 0.285 e. The highest BCUT2D eigenvalue weighted by Crippen LogP contribution is 2.36. The highest BCUT2D eigenvalue weighted by Gasteiger charge is 2.36. The van der Waals surface area contributed by atoms with Crippen LogP contribution in [0.2, 0.25) is 0 Å². The SMILES string of the molecule is CCC1=C(c2ccc(C)cc2)S(=O)(=O)N=C1N1CCC(C(=O)NCCCOC(C)C)CC1. The van der Waals surface area contributed by atoms with Gasteiger partial charge in [0.25, 0.3) is 10.0 Å². The van der Waals surface area contributed by atoms with Gasteiger partial charge in [-0.3, -0.25) is 4.79 Å². The van der Waals surface area contributed by atoms with E-state index in [1.807, 2.05) is 56.9 Å². The molecule has 1 aromatic rings. The molecule has 1 saturated heterocycles. The minimum absolute atomic E-state index is 0.0542. The molecule has 8 heteroatoms.